The molecule has 0 saturated carbocycles. The highest BCUT2D eigenvalue weighted by Gasteiger charge is 2.22. The molecule has 9 nitrogen and oxygen atoms in total. The zero-order valence-corrected chi connectivity index (χ0v) is 23.0. The van der Waals surface area contributed by atoms with Crippen molar-refractivity contribution >= 4 is 36.5 Å². The quantitative estimate of drug-likeness (QED) is 0.292. The molecule has 0 aliphatic carbocycles. The molecule has 3 aromatic carbocycles. The number of methoxy groups -OCH3 is 1. The van der Waals surface area contributed by atoms with Crippen LogP contribution in [0.3, 0.4) is 0 Å². The van der Waals surface area contributed by atoms with Gasteiger partial charge in [0, 0.05) is 42.1 Å². The number of hydrogen-bond acceptors (Lipinski definition) is 7. The van der Waals surface area contributed by atoms with Crippen LogP contribution in [0.15, 0.2) is 82.7 Å². The van der Waals surface area contributed by atoms with Crippen LogP contribution < -0.4 is 9.46 Å². The van der Waals surface area contributed by atoms with Crippen LogP contribution in [0, 0.1) is 11.6 Å². The lowest BCUT2D eigenvalue weighted by atomic mass is 10.0. The monoisotopic (exact) mass is 584 g/mol. The van der Waals surface area contributed by atoms with E-state index < -0.39 is 36.4 Å². The third-order valence-corrected chi connectivity index (χ3v) is 8.72. The molecular weight excluding hydrogens is 562 g/mol. The molecule has 0 bridgehead atoms. The first kappa shape index (κ1) is 27.2. The molecule has 0 atom stereocenters. The van der Waals surface area contributed by atoms with E-state index in [1.165, 1.54) is 31.5 Å². The van der Waals surface area contributed by atoms with E-state index in [1.807, 2.05) is 6.07 Å². The van der Waals surface area contributed by atoms with Gasteiger partial charge in [0.05, 0.1) is 23.2 Å². The van der Waals surface area contributed by atoms with Crippen molar-refractivity contribution in [3.63, 3.8) is 0 Å². The van der Waals surface area contributed by atoms with Crippen LogP contribution in [0.25, 0.3) is 33.3 Å². The summed E-state index contributed by atoms with van der Waals surface area (Å²) in [5.74, 6) is -2.20. The highest BCUT2D eigenvalue weighted by Crippen LogP contribution is 2.35. The molecule has 0 fully saturated rings. The maximum atomic E-state index is 14.2. The van der Waals surface area contributed by atoms with Crippen LogP contribution in [0.2, 0.25) is 0 Å². The molecule has 2 heterocycles. The number of hydrogen-bond donors (Lipinski definition) is 1. The van der Waals surface area contributed by atoms with Crippen molar-refractivity contribution in [3.8, 4) is 28.3 Å². The Kier molecular flexibility index (Phi) is 6.80. The molecule has 40 heavy (non-hydrogen) atoms. The number of aromatic nitrogens is 3. The van der Waals surface area contributed by atoms with Crippen molar-refractivity contribution in [1.82, 2.24) is 14.8 Å². The SMILES string of the molecule is COc1ncc(-c2ccc3nn(C)c(-c4ccc(S(C)(=O)=O)cc4)c3c2)cc1NS(=O)(=O)c1ccc(F)cc1F. The average molecular weight is 585 g/mol. The number of fused-ring (bicyclic) bond motifs is 1. The Bertz CT molecular complexity index is 1990. The Morgan fingerprint density at radius 3 is 2.23 bits per heavy atom. The predicted molar refractivity (Wildman–Crippen MR) is 146 cm³/mol. The third-order valence-electron chi connectivity index (χ3n) is 6.19. The van der Waals surface area contributed by atoms with E-state index in [1.54, 1.807) is 36.0 Å². The van der Waals surface area contributed by atoms with Gasteiger partial charge in [-0.2, -0.15) is 5.10 Å². The number of pyridine rings is 1. The summed E-state index contributed by atoms with van der Waals surface area (Å²) in [7, 11) is -4.72. The second-order valence-electron chi connectivity index (χ2n) is 8.96. The van der Waals surface area contributed by atoms with Gasteiger partial charge in [-0.25, -0.2) is 30.6 Å². The summed E-state index contributed by atoms with van der Waals surface area (Å²) >= 11 is 0. The minimum absolute atomic E-state index is 0.0494. The molecule has 0 aliphatic heterocycles. The second-order valence-corrected chi connectivity index (χ2v) is 12.6. The van der Waals surface area contributed by atoms with Crippen molar-refractivity contribution in [2.45, 2.75) is 9.79 Å². The third kappa shape index (κ3) is 5.12. The van der Waals surface area contributed by atoms with Gasteiger partial charge in [-0.1, -0.05) is 18.2 Å². The highest BCUT2D eigenvalue weighted by atomic mass is 32.2. The molecular formula is C27H22F2N4O5S2. The Labute approximate surface area is 229 Å². The largest absolute Gasteiger partial charge is 0.480 e. The summed E-state index contributed by atoms with van der Waals surface area (Å²) in [5.41, 5.74) is 3.30. The Hall–Kier alpha value is -4.36. The van der Waals surface area contributed by atoms with Crippen LogP contribution in [-0.2, 0) is 26.9 Å². The number of aryl methyl sites for hydroxylation is 1. The molecule has 0 saturated heterocycles. The molecule has 1 N–H and O–H groups in total. The minimum atomic E-state index is -4.45. The smallest absolute Gasteiger partial charge is 0.264 e. The Balaban J connectivity index is 1.57. The van der Waals surface area contributed by atoms with Gasteiger partial charge >= 0.3 is 0 Å². The van der Waals surface area contributed by atoms with Crippen molar-refractivity contribution in [2.75, 3.05) is 18.1 Å². The summed E-state index contributed by atoms with van der Waals surface area (Å²) < 4.78 is 86.3. The van der Waals surface area contributed by atoms with Crippen molar-refractivity contribution in [1.29, 1.82) is 0 Å². The van der Waals surface area contributed by atoms with Gasteiger partial charge in [0.1, 0.15) is 22.2 Å². The van der Waals surface area contributed by atoms with Gasteiger partial charge in [0.25, 0.3) is 10.0 Å². The molecule has 0 spiro atoms. The molecule has 0 unspecified atom stereocenters. The lowest BCUT2D eigenvalue weighted by Gasteiger charge is -2.13. The van der Waals surface area contributed by atoms with Gasteiger partial charge in [-0.05, 0) is 48.0 Å². The number of ether oxygens (including phenoxy) is 1. The van der Waals surface area contributed by atoms with E-state index in [0.717, 1.165) is 35.0 Å². The highest BCUT2D eigenvalue weighted by molar-refractivity contribution is 7.92. The maximum absolute atomic E-state index is 14.2. The first-order chi connectivity index (χ1) is 18.9. The van der Waals surface area contributed by atoms with E-state index in [0.29, 0.717) is 22.7 Å². The molecule has 206 valence electrons. The summed E-state index contributed by atoms with van der Waals surface area (Å²) in [6.07, 6.45) is 2.63. The molecule has 5 aromatic rings. The average Bonchev–Trinajstić information content (AvgIpc) is 3.22. The van der Waals surface area contributed by atoms with Crippen LogP contribution >= 0.6 is 0 Å². The minimum Gasteiger partial charge on any atom is -0.480 e. The van der Waals surface area contributed by atoms with Crippen LogP contribution in [0.1, 0.15) is 0 Å². The number of benzene rings is 3. The molecule has 13 heteroatoms. The molecule has 0 radical (unpaired) electrons. The number of sulfonamides is 1. The van der Waals surface area contributed by atoms with Crippen molar-refractivity contribution in [2.24, 2.45) is 7.05 Å². The van der Waals surface area contributed by atoms with Gasteiger partial charge in [-0.3, -0.25) is 9.40 Å². The molecule has 0 amide bonds. The zero-order valence-electron chi connectivity index (χ0n) is 21.4. The summed E-state index contributed by atoms with van der Waals surface area (Å²) in [6, 6.07) is 15.5. The van der Waals surface area contributed by atoms with E-state index in [2.05, 4.69) is 14.8 Å². The van der Waals surface area contributed by atoms with Gasteiger partial charge < -0.3 is 4.74 Å². The van der Waals surface area contributed by atoms with Crippen LogP contribution in [0.4, 0.5) is 14.5 Å². The number of halogens is 2. The number of nitrogens with one attached hydrogen (secondary N) is 1. The standard InChI is InChI=1S/C27H22F2N4O5S2/c1-33-26(16-4-8-20(9-5-16)39(3,34)35)21-12-17(6-10-23(21)31-33)18-13-24(27(38-2)30-15-18)32-40(36,37)25-11-7-19(28)14-22(25)29/h4-15,32H,1-3H3. The molecule has 5 rings (SSSR count). The Morgan fingerprint density at radius 2 is 1.57 bits per heavy atom. The lowest BCUT2D eigenvalue weighted by molar-refractivity contribution is 0.400. The number of sulfone groups is 1. The molecule has 2 aromatic heterocycles. The fourth-order valence-electron chi connectivity index (χ4n) is 4.32. The zero-order chi connectivity index (χ0) is 28.8. The van der Waals surface area contributed by atoms with E-state index in [9.17, 15) is 25.6 Å². The first-order valence-electron chi connectivity index (χ1n) is 11.7. The predicted octanol–water partition coefficient (Wildman–Crippen LogP) is 4.79. The van der Waals surface area contributed by atoms with Crippen LogP contribution in [-0.4, -0.2) is 45.0 Å². The van der Waals surface area contributed by atoms with Gasteiger partial charge in [0.2, 0.25) is 5.88 Å². The summed E-state index contributed by atoms with van der Waals surface area (Å²) in [4.78, 5) is 3.67. The fourth-order valence-corrected chi connectivity index (χ4v) is 6.06. The van der Waals surface area contributed by atoms with Crippen molar-refractivity contribution < 1.29 is 30.4 Å². The normalized spacial score (nSPS) is 12.0. The molecule has 0 aliphatic rings. The number of anilines is 1. The van der Waals surface area contributed by atoms with E-state index >= 15 is 0 Å². The topological polar surface area (TPSA) is 120 Å². The fraction of sp³-hybridized carbons (Fsp3) is 0.111. The van der Waals surface area contributed by atoms with Crippen molar-refractivity contribution in [3.05, 3.63) is 84.6 Å². The lowest BCUT2D eigenvalue weighted by Crippen LogP contribution is -2.15. The summed E-state index contributed by atoms with van der Waals surface area (Å²) in [6.45, 7) is 0. The van der Waals surface area contributed by atoms with Gasteiger partial charge in [-0.15, -0.1) is 0 Å². The first-order valence-corrected chi connectivity index (χ1v) is 15.0. The maximum Gasteiger partial charge on any atom is 0.264 e. The van der Waals surface area contributed by atoms with Gasteiger partial charge in [0.15, 0.2) is 9.84 Å². The van der Waals surface area contributed by atoms with E-state index in [4.69, 9.17) is 4.74 Å². The number of nitrogens with zero attached hydrogens (tertiary/aromatic N) is 3. The Morgan fingerprint density at radius 1 is 0.875 bits per heavy atom. The second kappa shape index (κ2) is 9.99. The number of rotatable bonds is 7. The summed E-state index contributed by atoms with van der Waals surface area (Å²) in [5, 5.41) is 5.31. The van der Waals surface area contributed by atoms with E-state index in [-0.39, 0.29) is 16.5 Å². The van der Waals surface area contributed by atoms with Crippen LogP contribution in [0.5, 0.6) is 5.88 Å².